The van der Waals surface area contributed by atoms with Gasteiger partial charge in [0.2, 0.25) is 0 Å². The molecule has 1 saturated heterocycles. The van der Waals surface area contributed by atoms with E-state index in [-0.39, 0.29) is 11.4 Å². The standard InChI is InChI=1S/C10H24N4/c1-5-9(11-2)7-6-8-10(12-3,13-4)14-9/h11-14H,5-8H2,1-4H3. The van der Waals surface area contributed by atoms with Crippen LogP contribution in [0.1, 0.15) is 32.6 Å². The van der Waals surface area contributed by atoms with Crippen LogP contribution in [-0.2, 0) is 0 Å². The third-order valence-corrected chi connectivity index (χ3v) is 3.54. The molecule has 1 aliphatic rings. The Kier molecular flexibility index (Phi) is 3.89. The highest BCUT2D eigenvalue weighted by molar-refractivity contribution is 4.96. The minimum absolute atomic E-state index is 0.0737. The van der Waals surface area contributed by atoms with Gasteiger partial charge in [-0.3, -0.25) is 16.0 Å². The molecule has 4 heteroatoms. The first-order chi connectivity index (χ1) is 6.66. The van der Waals surface area contributed by atoms with Gasteiger partial charge in [0.05, 0.1) is 5.66 Å². The number of nitrogens with one attached hydrogen (secondary N) is 4. The van der Waals surface area contributed by atoms with Crippen LogP contribution in [-0.4, -0.2) is 32.6 Å². The van der Waals surface area contributed by atoms with Gasteiger partial charge in [-0.2, -0.15) is 0 Å². The molecule has 0 saturated carbocycles. The highest BCUT2D eigenvalue weighted by atomic mass is 15.4. The highest BCUT2D eigenvalue weighted by Gasteiger charge is 2.40. The van der Waals surface area contributed by atoms with Crippen molar-refractivity contribution in [2.75, 3.05) is 21.1 Å². The first kappa shape index (κ1) is 11.9. The summed E-state index contributed by atoms with van der Waals surface area (Å²) < 4.78 is 0. The molecule has 4 N–H and O–H groups in total. The maximum Gasteiger partial charge on any atom is 0.124 e. The lowest BCUT2D eigenvalue weighted by molar-refractivity contribution is 0.0617. The van der Waals surface area contributed by atoms with Gasteiger partial charge in [-0.15, -0.1) is 0 Å². The Balaban J connectivity index is 2.75. The molecule has 0 aromatic rings. The molecule has 0 bridgehead atoms. The normalized spacial score (nSPS) is 31.7. The summed E-state index contributed by atoms with van der Waals surface area (Å²) in [6.45, 7) is 2.21. The zero-order chi connectivity index (χ0) is 10.7. The van der Waals surface area contributed by atoms with Crippen LogP contribution < -0.4 is 21.3 Å². The molecule has 0 radical (unpaired) electrons. The van der Waals surface area contributed by atoms with E-state index in [0.717, 1.165) is 12.8 Å². The van der Waals surface area contributed by atoms with Gasteiger partial charge in [-0.25, -0.2) is 0 Å². The monoisotopic (exact) mass is 200 g/mol. The van der Waals surface area contributed by atoms with Crippen molar-refractivity contribution < 1.29 is 0 Å². The molecule has 0 aromatic heterocycles. The van der Waals surface area contributed by atoms with Crippen LogP contribution in [0.5, 0.6) is 0 Å². The van der Waals surface area contributed by atoms with Crippen LogP contribution >= 0.6 is 0 Å². The lowest BCUT2D eigenvalue weighted by atomic mass is 9.91. The third-order valence-electron chi connectivity index (χ3n) is 3.54. The molecule has 1 unspecified atom stereocenters. The summed E-state index contributed by atoms with van der Waals surface area (Å²) in [5.74, 6) is -0.114. The minimum atomic E-state index is -0.114. The Morgan fingerprint density at radius 3 is 2.14 bits per heavy atom. The molecule has 4 nitrogen and oxygen atoms in total. The summed E-state index contributed by atoms with van der Waals surface area (Å²) in [6, 6.07) is 0. The van der Waals surface area contributed by atoms with E-state index in [0.29, 0.717) is 0 Å². The van der Waals surface area contributed by atoms with Crippen LogP contribution in [0.15, 0.2) is 0 Å². The summed E-state index contributed by atoms with van der Waals surface area (Å²) in [7, 11) is 6.01. The van der Waals surface area contributed by atoms with Crippen molar-refractivity contribution in [2.24, 2.45) is 0 Å². The molecule has 0 aromatic carbocycles. The van der Waals surface area contributed by atoms with Crippen LogP contribution in [0.25, 0.3) is 0 Å². The fourth-order valence-electron chi connectivity index (χ4n) is 2.32. The Morgan fingerprint density at radius 1 is 1.07 bits per heavy atom. The Labute approximate surface area is 87.2 Å². The van der Waals surface area contributed by atoms with Crippen LogP contribution in [0.2, 0.25) is 0 Å². The molecule has 1 atom stereocenters. The summed E-state index contributed by atoms with van der Waals surface area (Å²) in [4.78, 5) is 0. The van der Waals surface area contributed by atoms with Gasteiger partial charge in [0.15, 0.2) is 0 Å². The van der Waals surface area contributed by atoms with Gasteiger partial charge < -0.3 is 5.32 Å². The molecule has 1 fully saturated rings. The second-order valence-electron chi connectivity index (χ2n) is 4.07. The Morgan fingerprint density at radius 2 is 1.71 bits per heavy atom. The van der Waals surface area contributed by atoms with Crippen molar-refractivity contribution in [1.82, 2.24) is 21.3 Å². The van der Waals surface area contributed by atoms with Gasteiger partial charge in [-0.1, -0.05) is 6.92 Å². The van der Waals surface area contributed by atoms with E-state index >= 15 is 0 Å². The van der Waals surface area contributed by atoms with Gasteiger partial charge in [0.1, 0.15) is 5.79 Å². The van der Waals surface area contributed by atoms with Crippen LogP contribution in [0.3, 0.4) is 0 Å². The predicted octanol–water partition coefficient (Wildman–Crippen LogP) is 0.178. The van der Waals surface area contributed by atoms with Crippen molar-refractivity contribution in [1.29, 1.82) is 0 Å². The Bertz CT molecular complexity index is 155. The van der Waals surface area contributed by atoms with Gasteiger partial charge in [0, 0.05) is 0 Å². The SMILES string of the molecule is CCC1(NC)CCCC(NC)(NC)N1. The summed E-state index contributed by atoms with van der Waals surface area (Å²) in [6.07, 6.45) is 4.62. The highest BCUT2D eigenvalue weighted by Crippen LogP contribution is 2.25. The summed E-state index contributed by atoms with van der Waals surface area (Å²) >= 11 is 0. The molecule has 0 amide bonds. The lowest BCUT2D eigenvalue weighted by Crippen LogP contribution is -2.75. The Hall–Kier alpha value is -0.160. The molecule has 14 heavy (non-hydrogen) atoms. The van der Waals surface area contributed by atoms with Crippen molar-refractivity contribution in [2.45, 2.75) is 44.1 Å². The van der Waals surface area contributed by atoms with E-state index in [9.17, 15) is 0 Å². The molecular formula is C10H24N4. The molecule has 1 aliphatic heterocycles. The van der Waals surface area contributed by atoms with E-state index in [4.69, 9.17) is 0 Å². The van der Waals surface area contributed by atoms with Gasteiger partial charge >= 0.3 is 0 Å². The molecule has 1 heterocycles. The second-order valence-corrected chi connectivity index (χ2v) is 4.07. The fraction of sp³-hybridized carbons (Fsp3) is 1.00. The number of rotatable bonds is 4. The molecule has 0 spiro atoms. The van der Waals surface area contributed by atoms with Crippen LogP contribution in [0, 0.1) is 0 Å². The average molecular weight is 200 g/mol. The van der Waals surface area contributed by atoms with Gasteiger partial charge in [-0.05, 0) is 46.8 Å². The maximum absolute atomic E-state index is 3.65. The summed E-state index contributed by atoms with van der Waals surface area (Å²) in [5, 5.41) is 13.7. The van der Waals surface area contributed by atoms with E-state index in [1.54, 1.807) is 0 Å². The molecule has 84 valence electrons. The van der Waals surface area contributed by atoms with Crippen molar-refractivity contribution in [3.05, 3.63) is 0 Å². The number of hydrogen-bond acceptors (Lipinski definition) is 4. The maximum atomic E-state index is 3.65. The minimum Gasteiger partial charge on any atom is -0.302 e. The summed E-state index contributed by atoms with van der Waals surface area (Å²) in [5.41, 5.74) is 0.0737. The molecule has 0 aliphatic carbocycles. The zero-order valence-electron chi connectivity index (χ0n) is 9.83. The first-order valence-electron chi connectivity index (χ1n) is 5.52. The quantitative estimate of drug-likeness (QED) is 0.489. The zero-order valence-corrected chi connectivity index (χ0v) is 9.83. The van der Waals surface area contributed by atoms with Crippen molar-refractivity contribution >= 4 is 0 Å². The topological polar surface area (TPSA) is 48.1 Å². The smallest absolute Gasteiger partial charge is 0.124 e. The third kappa shape index (κ3) is 2.08. The van der Waals surface area contributed by atoms with Crippen LogP contribution in [0.4, 0.5) is 0 Å². The van der Waals surface area contributed by atoms with Gasteiger partial charge in [0.25, 0.3) is 0 Å². The second kappa shape index (κ2) is 4.57. The fourth-order valence-corrected chi connectivity index (χ4v) is 2.32. The number of piperidine rings is 1. The van der Waals surface area contributed by atoms with E-state index in [2.05, 4.69) is 28.2 Å². The predicted molar refractivity (Wildman–Crippen MR) is 59.9 cm³/mol. The van der Waals surface area contributed by atoms with E-state index in [1.807, 2.05) is 21.1 Å². The largest absolute Gasteiger partial charge is 0.302 e. The molecular weight excluding hydrogens is 176 g/mol. The van der Waals surface area contributed by atoms with E-state index in [1.165, 1.54) is 12.8 Å². The number of hydrogen-bond donors (Lipinski definition) is 4. The lowest BCUT2D eigenvalue weighted by Gasteiger charge is -2.49. The van der Waals surface area contributed by atoms with Crippen molar-refractivity contribution in [3.63, 3.8) is 0 Å². The molecule has 1 rings (SSSR count). The van der Waals surface area contributed by atoms with E-state index < -0.39 is 0 Å². The first-order valence-corrected chi connectivity index (χ1v) is 5.52. The average Bonchev–Trinajstić information content (AvgIpc) is 2.29. The van der Waals surface area contributed by atoms with Crippen molar-refractivity contribution in [3.8, 4) is 0 Å².